The van der Waals surface area contributed by atoms with E-state index in [0.29, 0.717) is 0 Å². The van der Waals surface area contributed by atoms with Crippen LogP contribution in [0.2, 0.25) is 0 Å². The van der Waals surface area contributed by atoms with Gasteiger partial charge in [-0.1, -0.05) is 23.8 Å². The summed E-state index contributed by atoms with van der Waals surface area (Å²) < 4.78 is 37.5. The summed E-state index contributed by atoms with van der Waals surface area (Å²) in [6, 6.07) is 9.98. The molecule has 0 bridgehead atoms. The van der Waals surface area contributed by atoms with Gasteiger partial charge in [0.25, 0.3) is 0 Å². The topological polar surface area (TPSA) is 60.2 Å². The molecule has 21 heavy (non-hydrogen) atoms. The highest BCUT2D eigenvalue weighted by molar-refractivity contribution is 7.91. The van der Waals surface area contributed by atoms with E-state index in [4.69, 9.17) is 5.73 Å². The third-order valence-electron chi connectivity index (χ3n) is 3.41. The molecule has 0 aromatic heterocycles. The average Bonchev–Trinajstić information content (AvgIpc) is 2.41. The minimum atomic E-state index is -3.55. The molecule has 0 aliphatic rings. The highest BCUT2D eigenvalue weighted by Crippen LogP contribution is 2.22. The summed E-state index contributed by atoms with van der Waals surface area (Å²) in [6.07, 6.45) is 0. The second-order valence-corrected chi connectivity index (χ2v) is 7.24. The van der Waals surface area contributed by atoms with Crippen LogP contribution in [0.25, 0.3) is 0 Å². The van der Waals surface area contributed by atoms with Gasteiger partial charge in [-0.05, 0) is 49.2 Å². The summed E-state index contributed by atoms with van der Waals surface area (Å²) in [7, 11) is -3.55. The zero-order chi connectivity index (χ0) is 15.6. The Morgan fingerprint density at radius 1 is 1.10 bits per heavy atom. The number of nitrogens with two attached hydrogens (primary N) is 1. The number of benzene rings is 2. The summed E-state index contributed by atoms with van der Waals surface area (Å²) in [6.45, 7) is 3.84. The third kappa shape index (κ3) is 3.68. The smallest absolute Gasteiger partial charge is 0.180 e. The largest absolute Gasteiger partial charge is 0.323 e. The van der Waals surface area contributed by atoms with E-state index in [9.17, 15) is 12.8 Å². The molecule has 2 aromatic rings. The van der Waals surface area contributed by atoms with Crippen LogP contribution in [0.3, 0.4) is 0 Å². The molecule has 1 unspecified atom stereocenters. The van der Waals surface area contributed by atoms with Gasteiger partial charge in [0.05, 0.1) is 10.6 Å². The van der Waals surface area contributed by atoms with Crippen molar-refractivity contribution in [1.82, 2.24) is 0 Å². The number of aryl methyl sites for hydroxylation is 2. The molecule has 112 valence electrons. The van der Waals surface area contributed by atoms with E-state index < -0.39 is 21.7 Å². The first-order valence-electron chi connectivity index (χ1n) is 6.60. The van der Waals surface area contributed by atoms with Crippen molar-refractivity contribution in [1.29, 1.82) is 0 Å². The fraction of sp³-hybridized carbons (Fsp3) is 0.250. The van der Waals surface area contributed by atoms with Crippen molar-refractivity contribution in [3.63, 3.8) is 0 Å². The monoisotopic (exact) mass is 307 g/mol. The molecule has 0 amide bonds. The minimum Gasteiger partial charge on any atom is -0.323 e. The van der Waals surface area contributed by atoms with Crippen LogP contribution >= 0.6 is 0 Å². The molecular formula is C16H18FNO2S. The standard InChI is InChI=1S/C16H18FNO2S/c1-11-3-4-12(2)15(9-11)16(18)10-21(19,20)14-7-5-13(17)6-8-14/h3-9,16H,10,18H2,1-2H3. The molecular weight excluding hydrogens is 289 g/mol. The first kappa shape index (κ1) is 15.7. The Labute approximate surface area is 124 Å². The number of hydrogen-bond acceptors (Lipinski definition) is 3. The summed E-state index contributed by atoms with van der Waals surface area (Å²) in [5.41, 5.74) is 8.88. The van der Waals surface area contributed by atoms with Gasteiger partial charge in [-0.3, -0.25) is 0 Å². The van der Waals surface area contributed by atoms with E-state index in [-0.39, 0.29) is 10.6 Å². The van der Waals surface area contributed by atoms with E-state index in [1.807, 2.05) is 32.0 Å². The van der Waals surface area contributed by atoms with E-state index >= 15 is 0 Å². The van der Waals surface area contributed by atoms with E-state index in [2.05, 4.69) is 0 Å². The average molecular weight is 307 g/mol. The molecule has 2 N–H and O–H groups in total. The number of rotatable bonds is 4. The third-order valence-corrected chi connectivity index (χ3v) is 5.19. The molecule has 2 aromatic carbocycles. The van der Waals surface area contributed by atoms with Crippen LogP contribution in [0.4, 0.5) is 4.39 Å². The lowest BCUT2D eigenvalue weighted by Gasteiger charge is -2.16. The van der Waals surface area contributed by atoms with Gasteiger partial charge < -0.3 is 5.73 Å². The van der Waals surface area contributed by atoms with Crippen LogP contribution in [-0.4, -0.2) is 14.2 Å². The molecule has 0 aliphatic carbocycles. The van der Waals surface area contributed by atoms with Crippen LogP contribution in [0.5, 0.6) is 0 Å². The summed E-state index contributed by atoms with van der Waals surface area (Å²) in [5, 5.41) is 0. The Morgan fingerprint density at radius 3 is 2.33 bits per heavy atom. The van der Waals surface area contributed by atoms with Gasteiger partial charge in [0.2, 0.25) is 0 Å². The lowest BCUT2D eigenvalue weighted by molar-refractivity contribution is 0.587. The molecule has 0 saturated heterocycles. The molecule has 0 heterocycles. The Balaban J connectivity index is 2.27. The van der Waals surface area contributed by atoms with Crippen molar-refractivity contribution in [2.75, 3.05) is 5.75 Å². The van der Waals surface area contributed by atoms with Crippen molar-refractivity contribution in [2.24, 2.45) is 5.73 Å². The van der Waals surface area contributed by atoms with Crippen LogP contribution in [0, 0.1) is 19.7 Å². The first-order chi connectivity index (χ1) is 9.79. The molecule has 0 spiro atoms. The fourth-order valence-corrected chi connectivity index (χ4v) is 3.62. The second kappa shape index (κ2) is 5.95. The van der Waals surface area contributed by atoms with Gasteiger partial charge >= 0.3 is 0 Å². The Bertz CT molecular complexity index is 739. The number of sulfone groups is 1. The van der Waals surface area contributed by atoms with Crippen LogP contribution in [-0.2, 0) is 9.84 Å². The van der Waals surface area contributed by atoms with Gasteiger partial charge in [0, 0.05) is 6.04 Å². The summed E-state index contributed by atoms with van der Waals surface area (Å²) >= 11 is 0. The molecule has 1 atom stereocenters. The highest BCUT2D eigenvalue weighted by atomic mass is 32.2. The van der Waals surface area contributed by atoms with Crippen LogP contribution in [0.15, 0.2) is 47.4 Å². The SMILES string of the molecule is Cc1ccc(C)c(C(N)CS(=O)(=O)c2ccc(F)cc2)c1. The maximum absolute atomic E-state index is 12.9. The first-order valence-corrected chi connectivity index (χ1v) is 8.26. The minimum absolute atomic E-state index is 0.0876. The van der Waals surface area contributed by atoms with Gasteiger partial charge in [0.15, 0.2) is 9.84 Å². The zero-order valence-corrected chi connectivity index (χ0v) is 12.8. The lowest BCUT2D eigenvalue weighted by atomic mass is 10.0. The number of hydrogen-bond donors (Lipinski definition) is 1. The number of halogens is 1. The Morgan fingerprint density at radius 2 is 1.71 bits per heavy atom. The lowest BCUT2D eigenvalue weighted by Crippen LogP contribution is -2.22. The highest BCUT2D eigenvalue weighted by Gasteiger charge is 2.21. The van der Waals surface area contributed by atoms with Crippen molar-refractivity contribution in [3.8, 4) is 0 Å². The predicted octanol–water partition coefficient (Wildman–Crippen LogP) is 2.92. The maximum atomic E-state index is 12.9. The molecule has 3 nitrogen and oxygen atoms in total. The molecule has 0 aliphatic heterocycles. The van der Waals surface area contributed by atoms with E-state index in [0.717, 1.165) is 28.8 Å². The van der Waals surface area contributed by atoms with Crippen molar-refractivity contribution in [3.05, 3.63) is 65.0 Å². The summed E-state index contributed by atoms with van der Waals surface area (Å²) in [5.74, 6) is -0.670. The van der Waals surface area contributed by atoms with Crippen molar-refractivity contribution in [2.45, 2.75) is 24.8 Å². The molecule has 0 saturated carbocycles. The van der Waals surface area contributed by atoms with Crippen LogP contribution < -0.4 is 5.73 Å². The van der Waals surface area contributed by atoms with Crippen molar-refractivity contribution < 1.29 is 12.8 Å². The predicted molar refractivity (Wildman–Crippen MR) is 81.3 cm³/mol. The zero-order valence-electron chi connectivity index (χ0n) is 12.0. The summed E-state index contributed by atoms with van der Waals surface area (Å²) in [4.78, 5) is 0.0876. The van der Waals surface area contributed by atoms with Gasteiger partial charge in [-0.15, -0.1) is 0 Å². The Kier molecular flexibility index (Phi) is 4.44. The molecule has 0 radical (unpaired) electrons. The van der Waals surface area contributed by atoms with Gasteiger partial charge in [-0.25, -0.2) is 12.8 Å². The maximum Gasteiger partial charge on any atom is 0.180 e. The quantitative estimate of drug-likeness (QED) is 0.884. The van der Waals surface area contributed by atoms with Crippen molar-refractivity contribution >= 4 is 9.84 Å². The molecule has 0 fully saturated rings. The Hall–Kier alpha value is -1.72. The normalized spacial score (nSPS) is 13.1. The van der Waals surface area contributed by atoms with E-state index in [1.165, 1.54) is 12.1 Å². The molecule has 2 rings (SSSR count). The fourth-order valence-electron chi connectivity index (χ4n) is 2.22. The second-order valence-electron chi connectivity index (χ2n) is 5.20. The van der Waals surface area contributed by atoms with Gasteiger partial charge in [-0.2, -0.15) is 0 Å². The van der Waals surface area contributed by atoms with Gasteiger partial charge in [0.1, 0.15) is 5.82 Å². The van der Waals surface area contributed by atoms with Crippen LogP contribution in [0.1, 0.15) is 22.7 Å². The van der Waals surface area contributed by atoms with E-state index in [1.54, 1.807) is 0 Å². The molecule has 5 heteroatoms.